The first-order chi connectivity index (χ1) is 5.66. The van der Waals surface area contributed by atoms with Crippen LogP contribution in [0.15, 0.2) is 0 Å². The highest BCUT2D eigenvalue weighted by atomic mass is 16.5. The zero-order valence-electron chi connectivity index (χ0n) is 7.09. The van der Waals surface area contributed by atoms with Gasteiger partial charge in [0.25, 0.3) is 0 Å². The number of carbonyl (C=O) groups excluding carboxylic acids is 1. The van der Waals surface area contributed by atoms with Crippen molar-refractivity contribution in [2.45, 2.75) is 31.3 Å². The molecule has 0 aromatic carbocycles. The Hall–Kier alpha value is -1.01. The average Bonchev–Trinajstić information content (AvgIpc) is 2.49. The fraction of sp³-hybridized carbons (Fsp3) is 0.667. The fourth-order valence-corrected chi connectivity index (χ4v) is 1.30. The normalized spacial score (nSPS) is 19.5. The van der Waals surface area contributed by atoms with Gasteiger partial charge in [-0.2, -0.15) is 0 Å². The van der Waals surface area contributed by atoms with Gasteiger partial charge in [0.2, 0.25) is 0 Å². The molecule has 0 atom stereocenters. The number of hydrogen-bond acceptors (Lipinski definition) is 3. The summed E-state index contributed by atoms with van der Waals surface area (Å²) in [5, 5.41) is 9.65. The quantitative estimate of drug-likeness (QED) is 0.325. The maximum Gasteiger partial charge on any atom is 0.384 e. The van der Waals surface area contributed by atoms with E-state index in [1.165, 1.54) is 7.11 Å². The molecule has 1 rings (SSSR count). The summed E-state index contributed by atoms with van der Waals surface area (Å²) < 4.78 is 4.33. The van der Waals surface area contributed by atoms with E-state index in [9.17, 15) is 9.90 Å². The van der Waals surface area contributed by atoms with Crippen molar-refractivity contribution in [3.63, 3.8) is 0 Å². The predicted molar refractivity (Wildman–Crippen MR) is 43.2 cm³/mol. The van der Waals surface area contributed by atoms with E-state index >= 15 is 0 Å². The minimum absolute atomic E-state index is 0.588. The zero-order chi connectivity index (χ0) is 9.03. The Balaban J connectivity index is 2.57. The second-order valence-electron chi connectivity index (χ2n) is 2.98. The lowest BCUT2D eigenvalue weighted by atomic mass is 10.0. The molecule has 0 saturated heterocycles. The zero-order valence-corrected chi connectivity index (χ0v) is 7.09. The molecule has 0 unspecified atom stereocenters. The topological polar surface area (TPSA) is 46.5 Å². The smallest absolute Gasteiger partial charge is 0.384 e. The van der Waals surface area contributed by atoms with Gasteiger partial charge in [0.15, 0.2) is 0 Å². The first kappa shape index (κ1) is 9.08. The number of esters is 1. The number of methoxy groups -OCH3 is 1. The number of hydrogen-bond donors (Lipinski definition) is 1. The molecule has 3 nitrogen and oxygen atoms in total. The van der Waals surface area contributed by atoms with Crippen molar-refractivity contribution in [2.75, 3.05) is 7.11 Å². The molecule has 0 spiro atoms. The van der Waals surface area contributed by atoms with E-state index in [-0.39, 0.29) is 0 Å². The second kappa shape index (κ2) is 3.59. The van der Waals surface area contributed by atoms with Crippen LogP contribution in [0, 0.1) is 11.8 Å². The molecule has 1 aliphatic rings. The summed E-state index contributed by atoms with van der Waals surface area (Å²) >= 11 is 0. The van der Waals surface area contributed by atoms with Gasteiger partial charge < -0.3 is 9.84 Å². The van der Waals surface area contributed by atoms with Crippen LogP contribution >= 0.6 is 0 Å². The third kappa shape index (κ3) is 2.24. The molecule has 12 heavy (non-hydrogen) atoms. The molecule has 66 valence electrons. The third-order valence-corrected chi connectivity index (χ3v) is 2.01. The van der Waals surface area contributed by atoms with Crippen molar-refractivity contribution >= 4 is 5.97 Å². The first-order valence-electron chi connectivity index (χ1n) is 4.00. The van der Waals surface area contributed by atoms with Gasteiger partial charge in [-0.05, 0) is 25.7 Å². The van der Waals surface area contributed by atoms with Gasteiger partial charge in [0.1, 0.15) is 5.60 Å². The van der Waals surface area contributed by atoms with E-state index in [0.717, 1.165) is 12.8 Å². The van der Waals surface area contributed by atoms with Crippen LogP contribution in [-0.2, 0) is 9.53 Å². The summed E-state index contributed by atoms with van der Waals surface area (Å²) in [5.74, 6) is 4.21. The van der Waals surface area contributed by atoms with E-state index in [1.807, 2.05) is 0 Å². The summed E-state index contributed by atoms with van der Waals surface area (Å²) in [6.07, 6.45) is 3.28. The molecule has 0 bridgehead atoms. The summed E-state index contributed by atoms with van der Waals surface area (Å²) in [5.41, 5.74) is -0.936. The first-order valence-corrected chi connectivity index (χ1v) is 4.00. The third-order valence-electron chi connectivity index (χ3n) is 2.01. The van der Waals surface area contributed by atoms with Gasteiger partial charge in [0, 0.05) is 5.92 Å². The molecule has 0 aliphatic heterocycles. The highest BCUT2D eigenvalue weighted by Crippen LogP contribution is 2.28. The Morgan fingerprint density at radius 2 is 2.08 bits per heavy atom. The van der Waals surface area contributed by atoms with E-state index in [1.54, 1.807) is 0 Å². The second-order valence-corrected chi connectivity index (χ2v) is 2.98. The number of rotatable bonds is 0. The number of carbonyl (C=O) groups is 1. The molecule has 1 N–H and O–H groups in total. The average molecular weight is 168 g/mol. The Morgan fingerprint density at radius 1 is 1.50 bits per heavy atom. The SMILES string of the molecule is COC(=O)C#CC1(O)CCCC1. The molecule has 0 radical (unpaired) electrons. The van der Waals surface area contributed by atoms with E-state index in [2.05, 4.69) is 16.6 Å². The Morgan fingerprint density at radius 3 is 2.58 bits per heavy atom. The summed E-state index contributed by atoms with van der Waals surface area (Å²) in [6, 6.07) is 0. The van der Waals surface area contributed by atoms with Crippen molar-refractivity contribution in [3.8, 4) is 11.8 Å². The lowest BCUT2D eigenvalue weighted by Gasteiger charge is -2.12. The van der Waals surface area contributed by atoms with Crippen molar-refractivity contribution in [1.29, 1.82) is 0 Å². The summed E-state index contributed by atoms with van der Waals surface area (Å²) in [7, 11) is 1.27. The molecule has 0 aromatic rings. The molecule has 0 heterocycles. The van der Waals surface area contributed by atoms with Crippen LogP contribution in [0.2, 0.25) is 0 Å². The van der Waals surface area contributed by atoms with Crippen LogP contribution < -0.4 is 0 Å². The van der Waals surface area contributed by atoms with Crippen molar-refractivity contribution in [2.24, 2.45) is 0 Å². The van der Waals surface area contributed by atoms with Crippen LogP contribution in [0.3, 0.4) is 0 Å². The molecule has 1 aliphatic carbocycles. The van der Waals surface area contributed by atoms with Gasteiger partial charge in [-0.15, -0.1) is 0 Å². The highest BCUT2D eigenvalue weighted by Gasteiger charge is 2.28. The number of ether oxygens (including phenoxy) is 1. The van der Waals surface area contributed by atoms with Gasteiger partial charge in [-0.25, -0.2) is 4.79 Å². The molecule has 0 aromatic heterocycles. The highest BCUT2D eigenvalue weighted by molar-refractivity contribution is 5.88. The van der Waals surface area contributed by atoms with Gasteiger partial charge in [-0.3, -0.25) is 0 Å². The lowest BCUT2D eigenvalue weighted by Crippen LogP contribution is -2.21. The van der Waals surface area contributed by atoms with Crippen molar-refractivity contribution < 1.29 is 14.6 Å². The van der Waals surface area contributed by atoms with Gasteiger partial charge >= 0.3 is 5.97 Å². The Bertz CT molecular complexity index is 228. The van der Waals surface area contributed by atoms with Gasteiger partial charge in [0.05, 0.1) is 7.11 Å². The van der Waals surface area contributed by atoms with E-state index in [0.29, 0.717) is 12.8 Å². The maximum atomic E-state index is 10.6. The summed E-state index contributed by atoms with van der Waals surface area (Å²) in [4.78, 5) is 10.6. The van der Waals surface area contributed by atoms with Crippen LogP contribution in [-0.4, -0.2) is 23.8 Å². The predicted octanol–water partition coefficient (Wildman–Crippen LogP) is 0.468. The van der Waals surface area contributed by atoms with Crippen molar-refractivity contribution in [1.82, 2.24) is 0 Å². The van der Waals surface area contributed by atoms with Crippen molar-refractivity contribution in [3.05, 3.63) is 0 Å². The minimum atomic E-state index is -0.936. The molecular formula is C9H12O3. The largest absolute Gasteiger partial charge is 0.459 e. The van der Waals surface area contributed by atoms with Crippen LogP contribution in [0.1, 0.15) is 25.7 Å². The monoisotopic (exact) mass is 168 g/mol. The Kier molecular flexibility index (Phi) is 2.72. The minimum Gasteiger partial charge on any atom is -0.459 e. The van der Waals surface area contributed by atoms with Crippen LogP contribution in [0.5, 0.6) is 0 Å². The van der Waals surface area contributed by atoms with Crippen LogP contribution in [0.25, 0.3) is 0 Å². The maximum absolute atomic E-state index is 10.6. The summed E-state index contributed by atoms with van der Waals surface area (Å²) in [6.45, 7) is 0. The Labute approximate surface area is 71.7 Å². The molecule has 1 saturated carbocycles. The van der Waals surface area contributed by atoms with Gasteiger partial charge in [-0.1, -0.05) is 5.92 Å². The lowest BCUT2D eigenvalue weighted by molar-refractivity contribution is -0.133. The molecular weight excluding hydrogens is 156 g/mol. The fourth-order valence-electron chi connectivity index (χ4n) is 1.30. The van der Waals surface area contributed by atoms with Crippen LogP contribution in [0.4, 0.5) is 0 Å². The molecule has 0 amide bonds. The molecule has 3 heteroatoms. The standard InChI is InChI=1S/C9H12O3/c1-12-8(10)4-7-9(11)5-2-3-6-9/h11H,2-3,5-6H2,1H3. The molecule has 1 fully saturated rings. The van der Waals surface area contributed by atoms with E-state index in [4.69, 9.17) is 0 Å². The number of aliphatic hydroxyl groups is 1. The van der Waals surface area contributed by atoms with E-state index < -0.39 is 11.6 Å².